The highest BCUT2D eigenvalue weighted by Gasteiger charge is 2.28. The van der Waals surface area contributed by atoms with Crippen LogP contribution in [0.3, 0.4) is 0 Å². The molecule has 0 bridgehead atoms. The number of nitrogens with zero attached hydrogens (tertiary/aromatic N) is 1. The summed E-state index contributed by atoms with van der Waals surface area (Å²) in [6.45, 7) is 0.808. The van der Waals surface area contributed by atoms with Gasteiger partial charge >= 0.3 is 5.97 Å². The maximum Gasteiger partial charge on any atom is 0.326 e. The maximum absolute atomic E-state index is 11.9. The summed E-state index contributed by atoms with van der Waals surface area (Å²) in [4.78, 5) is 24.5. The SMILES string of the molecule is NC/C=C/C(=O)N1CCCCCCC1C(=O)O. The molecule has 1 amide bonds. The van der Waals surface area contributed by atoms with E-state index in [1.807, 2.05) is 0 Å². The zero-order valence-corrected chi connectivity index (χ0v) is 9.97. The van der Waals surface area contributed by atoms with E-state index in [0.717, 1.165) is 25.7 Å². The van der Waals surface area contributed by atoms with Gasteiger partial charge < -0.3 is 15.7 Å². The van der Waals surface area contributed by atoms with Crippen LogP contribution >= 0.6 is 0 Å². The topological polar surface area (TPSA) is 83.6 Å². The molecule has 1 rings (SSSR count). The van der Waals surface area contributed by atoms with Crippen molar-refractivity contribution in [3.8, 4) is 0 Å². The minimum Gasteiger partial charge on any atom is -0.480 e. The lowest BCUT2D eigenvalue weighted by Crippen LogP contribution is -2.45. The number of amides is 1. The summed E-state index contributed by atoms with van der Waals surface area (Å²) in [6, 6.07) is -0.690. The Morgan fingerprint density at radius 3 is 2.65 bits per heavy atom. The Kier molecular flexibility index (Phi) is 5.69. The molecule has 5 nitrogen and oxygen atoms in total. The number of carbonyl (C=O) groups is 2. The minimum absolute atomic E-state index is 0.246. The van der Waals surface area contributed by atoms with E-state index in [-0.39, 0.29) is 12.5 Å². The van der Waals surface area contributed by atoms with Crippen molar-refractivity contribution in [3.63, 3.8) is 0 Å². The molecule has 0 radical (unpaired) electrons. The highest BCUT2D eigenvalue weighted by molar-refractivity contribution is 5.91. The van der Waals surface area contributed by atoms with E-state index in [1.165, 1.54) is 11.0 Å². The molecule has 0 aromatic rings. The van der Waals surface area contributed by atoms with Gasteiger partial charge in [-0.1, -0.05) is 25.3 Å². The quantitative estimate of drug-likeness (QED) is 0.713. The van der Waals surface area contributed by atoms with E-state index < -0.39 is 12.0 Å². The van der Waals surface area contributed by atoms with Gasteiger partial charge in [-0.3, -0.25) is 4.79 Å². The number of hydrogen-bond acceptors (Lipinski definition) is 3. The van der Waals surface area contributed by atoms with E-state index >= 15 is 0 Å². The van der Waals surface area contributed by atoms with Gasteiger partial charge in [-0.2, -0.15) is 0 Å². The summed E-state index contributed by atoms with van der Waals surface area (Å²) < 4.78 is 0. The summed E-state index contributed by atoms with van der Waals surface area (Å²) in [6.07, 6.45) is 7.30. The molecule has 3 N–H and O–H groups in total. The molecule has 0 aliphatic carbocycles. The molecule has 0 spiro atoms. The predicted octanol–water partition coefficient (Wildman–Crippen LogP) is 0.747. The van der Waals surface area contributed by atoms with Crippen LogP contribution in [-0.4, -0.2) is 41.0 Å². The number of carbonyl (C=O) groups excluding carboxylic acids is 1. The number of hydrogen-bond donors (Lipinski definition) is 2. The molecule has 1 atom stereocenters. The van der Waals surface area contributed by atoms with Crippen molar-refractivity contribution in [3.05, 3.63) is 12.2 Å². The first-order valence-corrected chi connectivity index (χ1v) is 6.07. The molecule has 0 saturated carbocycles. The Morgan fingerprint density at radius 2 is 2.00 bits per heavy atom. The lowest BCUT2D eigenvalue weighted by atomic mass is 10.0. The zero-order valence-electron chi connectivity index (χ0n) is 9.97. The van der Waals surface area contributed by atoms with Crippen LogP contribution < -0.4 is 5.73 Å². The molecule has 0 aromatic carbocycles. The van der Waals surface area contributed by atoms with Crippen LogP contribution in [-0.2, 0) is 9.59 Å². The average molecular weight is 240 g/mol. The molecule has 1 unspecified atom stereocenters. The molecule has 5 heteroatoms. The number of likely N-dealkylation sites (tertiary alicyclic amines) is 1. The smallest absolute Gasteiger partial charge is 0.326 e. The normalized spacial score (nSPS) is 22.2. The van der Waals surface area contributed by atoms with Crippen LogP contribution in [0.25, 0.3) is 0 Å². The van der Waals surface area contributed by atoms with E-state index in [0.29, 0.717) is 13.0 Å². The molecule has 1 aliphatic heterocycles. The predicted molar refractivity (Wildman–Crippen MR) is 64.4 cm³/mol. The monoisotopic (exact) mass is 240 g/mol. The van der Waals surface area contributed by atoms with Crippen LogP contribution in [0, 0.1) is 0 Å². The third-order valence-electron chi connectivity index (χ3n) is 2.97. The largest absolute Gasteiger partial charge is 0.480 e. The highest BCUT2D eigenvalue weighted by Crippen LogP contribution is 2.17. The van der Waals surface area contributed by atoms with E-state index in [1.54, 1.807) is 6.08 Å². The van der Waals surface area contributed by atoms with Crippen LogP contribution in [0.15, 0.2) is 12.2 Å². The molecule has 1 fully saturated rings. The molecule has 0 aromatic heterocycles. The first kappa shape index (κ1) is 13.7. The Labute approximate surface area is 101 Å². The van der Waals surface area contributed by atoms with Crippen molar-refractivity contribution in [1.82, 2.24) is 4.90 Å². The van der Waals surface area contributed by atoms with Crippen molar-refractivity contribution in [2.45, 2.75) is 38.1 Å². The van der Waals surface area contributed by atoms with Gasteiger partial charge in [0.15, 0.2) is 0 Å². The van der Waals surface area contributed by atoms with Gasteiger partial charge in [0.1, 0.15) is 6.04 Å². The van der Waals surface area contributed by atoms with Crippen LogP contribution in [0.1, 0.15) is 32.1 Å². The molecular formula is C12H20N2O3. The Bertz CT molecular complexity index is 302. The Balaban J connectivity index is 2.75. The van der Waals surface area contributed by atoms with Gasteiger partial charge in [-0.05, 0) is 12.8 Å². The first-order chi connectivity index (χ1) is 8.16. The second-order valence-electron chi connectivity index (χ2n) is 4.23. The van der Waals surface area contributed by atoms with E-state index in [9.17, 15) is 9.59 Å². The summed E-state index contributed by atoms with van der Waals surface area (Å²) in [5.74, 6) is -1.16. The summed E-state index contributed by atoms with van der Waals surface area (Å²) >= 11 is 0. The number of nitrogens with two attached hydrogens (primary N) is 1. The van der Waals surface area contributed by atoms with Gasteiger partial charge in [0.2, 0.25) is 5.91 Å². The van der Waals surface area contributed by atoms with Gasteiger partial charge in [0, 0.05) is 19.2 Å². The van der Waals surface area contributed by atoms with Crippen molar-refractivity contribution < 1.29 is 14.7 Å². The Hall–Kier alpha value is -1.36. The molecule has 96 valence electrons. The average Bonchev–Trinajstić information content (AvgIpc) is 2.25. The molecule has 1 saturated heterocycles. The third kappa shape index (κ3) is 4.19. The van der Waals surface area contributed by atoms with Gasteiger partial charge in [-0.25, -0.2) is 4.79 Å². The molecule has 1 heterocycles. The van der Waals surface area contributed by atoms with Crippen LogP contribution in [0.4, 0.5) is 0 Å². The fourth-order valence-corrected chi connectivity index (χ4v) is 2.07. The van der Waals surface area contributed by atoms with Crippen molar-refractivity contribution in [1.29, 1.82) is 0 Å². The Morgan fingerprint density at radius 1 is 1.29 bits per heavy atom. The fourth-order valence-electron chi connectivity index (χ4n) is 2.07. The summed E-state index contributed by atoms with van der Waals surface area (Å²) in [5, 5.41) is 9.16. The second kappa shape index (κ2) is 7.06. The van der Waals surface area contributed by atoms with Crippen molar-refractivity contribution >= 4 is 11.9 Å². The summed E-state index contributed by atoms with van der Waals surface area (Å²) in [7, 11) is 0. The third-order valence-corrected chi connectivity index (χ3v) is 2.97. The highest BCUT2D eigenvalue weighted by atomic mass is 16.4. The second-order valence-corrected chi connectivity index (χ2v) is 4.23. The van der Waals surface area contributed by atoms with E-state index in [2.05, 4.69) is 0 Å². The standard InChI is InChI=1S/C12H20N2O3/c13-8-5-7-11(15)14-9-4-2-1-3-6-10(14)12(16)17/h5,7,10H,1-4,6,8-9,13H2,(H,16,17)/b7-5+. The van der Waals surface area contributed by atoms with Gasteiger partial charge in [-0.15, -0.1) is 0 Å². The molecule has 1 aliphatic rings. The molecular weight excluding hydrogens is 220 g/mol. The number of carboxylic acids is 1. The van der Waals surface area contributed by atoms with Crippen LogP contribution in [0.2, 0.25) is 0 Å². The zero-order chi connectivity index (χ0) is 12.7. The maximum atomic E-state index is 11.9. The first-order valence-electron chi connectivity index (χ1n) is 6.07. The van der Waals surface area contributed by atoms with E-state index in [4.69, 9.17) is 10.8 Å². The van der Waals surface area contributed by atoms with Crippen molar-refractivity contribution in [2.75, 3.05) is 13.1 Å². The van der Waals surface area contributed by atoms with Gasteiger partial charge in [0.25, 0.3) is 0 Å². The van der Waals surface area contributed by atoms with Crippen molar-refractivity contribution in [2.24, 2.45) is 5.73 Å². The van der Waals surface area contributed by atoms with Gasteiger partial charge in [0.05, 0.1) is 0 Å². The molecule has 17 heavy (non-hydrogen) atoms. The minimum atomic E-state index is -0.915. The number of rotatable bonds is 3. The fraction of sp³-hybridized carbons (Fsp3) is 0.667. The number of carboxylic acid groups (broad SMARTS) is 1. The lowest BCUT2D eigenvalue weighted by molar-refractivity contribution is -0.149. The lowest BCUT2D eigenvalue weighted by Gasteiger charge is -2.30. The summed E-state index contributed by atoms with van der Waals surface area (Å²) in [5.41, 5.74) is 5.28. The van der Waals surface area contributed by atoms with Crippen LogP contribution in [0.5, 0.6) is 0 Å². The number of aliphatic carboxylic acids is 1.